The van der Waals surface area contributed by atoms with Gasteiger partial charge >= 0.3 is 0 Å². The molecule has 0 N–H and O–H groups in total. The van der Waals surface area contributed by atoms with Crippen molar-refractivity contribution in [2.45, 2.75) is 0 Å². The van der Waals surface area contributed by atoms with E-state index in [-0.39, 0.29) is 15.7 Å². The Labute approximate surface area is 72.7 Å². The van der Waals surface area contributed by atoms with Crippen molar-refractivity contribution in [3.05, 3.63) is 38.4 Å². The Bertz CT molecular complexity index is 301. The van der Waals surface area contributed by atoms with E-state index in [4.69, 9.17) is 23.2 Å². The number of hydrogen-bond acceptors (Lipinski definition) is 2. The molecule has 0 spiro atoms. The van der Waals surface area contributed by atoms with Crippen molar-refractivity contribution >= 4 is 28.9 Å². The highest BCUT2D eigenvalue weighted by Gasteiger charge is 2.11. The second kappa shape index (κ2) is 3.07. The number of hydrogen-bond donors (Lipinski definition) is 0. The Morgan fingerprint density at radius 3 is 2.64 bits per heavy atom. The molecule has 5 heteroatoms. The van der Waals surface area contributed by atoms with Gasteiger partial charge in [0, 0.05) is 17.2 Å². The molecular weight excluding hydrogens is 189 g/mol. The molecule has 0 saturated heterocycles. The van der Waals surface area contributed by atoms with Gasteiger partial charge in [0.15, 0.2) is 0 Å². The third kappa shape index (κ3) is 1.82. The molecule has 0 bridgehead atoms. The molecule has 1 aromatic carbocycles. The summed E-state index contributed by atoms with van der Waals surface area (Å²) in [7, 11) is 0. The minimum Gasteiger partial charge on any atom is -0.258 e. The molecule has 0 saturated carbocycles. The monoisotopic (exact) mass is 190 g/mol. The summed E-state index contributed by atoms with van der Waals surface area (Å²) in [6.07, 6.45) is 0. The predicted octanol–water partition coefficient (Wildman–Crippen LogP) is 2.70. The molecule has 0 unspecified atom stereocenters. The van der Waals surface area contributed by atoms with E-state index in [2.05, 4.69) is 6.07 Å². The molecule has 0 heterocycles. The van der Waals surface area contributed by atoms with Gasteiger partial charge in [-0.2, -0.15) is 0 Å². The van der Waals surface area contributed by atoms with Gasteiger partial charge in [0.1, 0.15) is 5.02 Å². The highest BCUT2D eigenvalue weighted by atomic mass is 35.5. The second-order valence-corrected chi connectivity index (χ2v) is 2.59. The largest absolute Gasteiger partial charge is 0.290 e. The van der Waals surface area contributed by atoms with Crippen LogP contribution in [0.15, 0.2) is 12.1 Å². The molecule has 1 radical (unpaired) electrons. The lowest BCUT2D eigenvalue weighted by Gasteiger charge is -1.93. The minimum atomic E-state index is -0.606. The Hall–Kier alpha value is -0.800. The van der Waals surface area contributed by atoms with Gasteiger partial charge in [-0.25, -0.2) is 0 Å². The summed E-state index contributed by atoms with van der Waals surface area (Å²) in [5.41, 5.74) is -0.223. The maximum atomic E-state index is 10.2. The van der Waals surface area contributed by atoms with Crippen LogP contribution in [0, 0.1) is 16.2 Å². The first-order chi connectivity index (χ1) is 5.11. The normalized spacial score (nSPS) is 9.64. The van der Waals surface area contributed by atoms with Crippen molar-refractivity contribution < 1.29 is 4.92 Å². The standard InChI is InChI=1S/C6H2Cl2NO2/c7-4-1-2-5(8)6(3-4)9(10)11/h1,3H. The topological polar surface area (TPSA) is 43.1 Å². The molecule has 0 fully saturated rings. The highest BCUT2D eigenvalue weighted by molar-refractivity contribution is 6.34. The molecule has 0 aliphatic rings. The maximum absolute atomic E-state index is 10.2. The van der Waals surface area contributed by atoms with E-state index >= 15 is 0 Å². The van der Waals surface area contributed by atoms with Crippen molar-refractivity contribution in [2.24, 2.45) is 0 Å². The van der Waals surface area contributed by atoms with Crippen LogP contribution < -0.4 is 0 Å². The van der Waals surface area contributed by atoms with E-state index in [0.717, 1.165) is 0 Å². The molecule has 11 heavy (non-hydrogen) atoms. The zero-order chi connectivity index (χ0) is 8.43. The SMILES string of the molecule is O=[N+]([O-])c1cc(Cl)c[c]c1Cl. The average molecular weight is 191 g/mol. The van der Waals surface area contributed by atoms with Crippen LogP contribution in [0.1, 0.15) is 0 Å². The molecule has 1 rings (SSSR count). The van der Waals surface area contributed by atoms with E-state index < -0.39 is 4.92 Å². The fourth-order valence-electron chi connectivity index (χ4n) is 0.575. The first-order valence-electron chi connectivity index (χ1n) is 2.62. The number of nitro benzene ring substituents is 1. The van der Waals surface area contributed by atoms with E-state index in [1.54, 1.807) is 0 Å². The van der Waals surface area contributed by atoms with E-state index in [1.165, 1.54) is 12.1 Å². The zero-order valence-corrected chi connectivity index (χ0v) is 6.69. The third-order valence-electron chi connectivity index (χ3n) is 1.03. The fourth-order valence-corrected chi connectivity index (χ4v) is 0.911. The van der Waals surface area contributed by atoms with Gasteiger partial charge in [0.2, 0.25) is 0 Å². The predicted molar refractivity (Wildman–Crippen MR) is 42.0 cm³/mol. The van der Waals surface area contributed by atoms with Gasteiger partial charge in [-0.15, -0.1) is 0 Å². The van der Waals surface area contributed by atoms with Crippen LogP contribution in [-0.4, -0.2) is 4.92 Å². The molecule has 0 atom stereocenters. The summed E-state index contributed by atoms with van der Waals surface area (Å²) in [5.74, 6) is 0. The van der Waals surface area contributed by atoms with Crippen LogP contribution in [0.5, 0.6) is 0 Å². The smallest absolute Gasteiger partial charge is 0.258 e. The Balaban J connectivity index is 3.23. The summed E-state index contributed by atoms with van der Waals surface area (Å²) < 4.78 is 0. The fraction of sp³-hybridized carbons (Fsp3) is 0. The first kappa shape index (κ1) is 8.30. The van der Waals surface area contributed by atoms with Gasteiger partial charge in [-0.1, -0.05) is 23.2 Å². The Kier molecular flexibility index (Phi) is 2.31. The van der Waals surface area contributed by atoms with Gasteiger partial charge in [-0.3, -0.25) is 10.1 Å². The van der Waals surface area contributed by atoms with Crippen LogP contribution in [-0.2, 0) is 0 Å². The molecule has 0 aliphatic heterocycles. The highest BCUT2D eigenvalue weighted by Crippen LogP contribution is 2.26. The molecule has 0 amide bonds. The lowest BCUT2D eigenvalue weighted by atomic mass is 10.3. The number of halogens is 2. The van der Waals surface area contributed by atoms with Crippen LogP contribution in [0.4, 0.5) is 5.69 Å². The number of nitrogens with zero attached hydrogens (tertiary/aromatic N) is 1. The van der Waals surface area contributed by atoms with E-state index in [1.807, 2.05) is 0 Å². The van der Waals surface area contributed by atoms with Gasteiger partial charge in [-0.05, 0) is 6.07 Å². The number of nitro groups is 1. The zero-order valence-electron chi connectivity index (χ0n) is 5.17. The third-order valence-corrected chi connectivity index (χ3v) is 1.55. The quantitative estimate of drug-likeness (QED) is 0.505. The minimum absolute atomic E-state index is 0.0283. The van der Waals surface area contributed by atoms with Crippen molar-refractivity contribution in [3.63, 3.8) is 0 Å². The number of rotatable bonds is 1. The first-order valence-corrected chi connectivity index (χ1v) is 3.38. The Morgan fingerprint density at radius 1 is 1.55 bits per heavy atom. The van der Waals surface area contributed by atoms with Crippen LogP contribution in [0.2, 0.25) is 10.0 Å². The summed E-state index contributed by atoms with van der Waals surface area (Å²) in [5, 5.41) is 10.4. The lowest BCUT2D eigenvalue weighted by Crippen LogP contribution is -1.88. The maximum Gasteiger partial charge on any atom is 0.290 e. The molecule has 0 aromatic heterocycles. The number of benzene rings is 1. The van der Waals surface area contributed by atoms with E-state index in [9.17, 15) is 10.1 Å². The van der Waals surface area contributed by atoms with Gasteiger partial charge in [0.25, 0.3) is 5.69 Å². The van der Waals surface area contributed by atoms with Crippen molar-refractivity contribution in [1.29, 1.82) is 0 Å². The molecule has 0 aliphatic carbocycles. The Morgan fingerprint density at radius 2 is 2.18 bits per heavy atom. The lowest BCUT2D eigenvalue weighted by molar-refractivity contribution is -0.384. The molecule has 57 valence electrons. The summed E-state index contributed by atoms with van der Waals surface area (Å²) in [6.45, 7) is 0. The molecule has 3 nitrogen and oxygen atoms in total. The van der Waals surface area contributed by atoms with E-state index in [0.29, 0.717) is 0 Å². The summed E-state index contributed by atoms with van der Waals surface area (Å²) in [4.78, 5) is 9.61. The van der Waals surface area contributed by atoms with Crippen LogP contribution >= 0.6 is 23.2 Å². The van der Waals surface area contributed by atoms with Crippen molar-refractivity contribution in [2.75, 3.05) is 0 Å². The van der Waals surface area contributed by atoms with Crippen molar-refractivity contribution in [1.82, 2.24) is 0 Å². The molecular formula is C6H2Cl2NO2. The van der Waals surface area contributed by atoms with Gasteiger partial charge < -0.3 is 0 Å². The van der Waals surface area contributed by atoms with Crippen LogP contribution in [0.25, 0.3) is 0 Å². The second-order valence-electron chi connectivity index (χ2n) is 1.77. The van der Waals surface area contributed by atoms with Gasteiger partial charge in [0.05, 0.1) is 4.92 Å². The molecule has 1 aromatic rings. The van der Waals surface area contributed by atoms with Crippen molar-refractivity contribution in [3.8, 4) is 0 Å². The summed E-state index contributed by atoms with van der Waals surface area (Å²) >= 11 is 10.9. The van der Waals surface area contributed by atoms with Crippen LogP contribution in [0.3, 0.4) is 0 Å². The summed E-state index contributed by atoms with van der Waals surface area (Å²) in [6, 6.07) is 4.99. The average Bonchev–Trinajstić information content (AvgIpc) is 1.94.